The van der Waals surface area contributed by atoms with E-state index in [1.54, 1.807) is 6.07 Å². The van der Waals surface area contributed by atoms with Crippen molar-refractivity contribution < 1.29 is 9.00 Å². The van der Waals surface area contributed by atoms with Crippen molar-refractivity contribution in [1.29, 1.82) is 0 Å². The fraction of sp³-hybridized carbons (Fsp3) is 0.333. The smallest absolute Gasteiger partial charge is 0.270 e. The van der Waals surface area contributed by atoms with Gasteiger partial charge in [-0.2, -0.15) is 9.46 Å². The van der Waals surface area contributed by atoms with Gasteiger partial charge in [-0.3, -0.25) is 4.79 Å². The van der Waals surface area contributed by atoms with Crippen LogP contribution in [0, 0.1) is 0 Å². The minimum absolute atomic E-state index is 0.104. The van der Waals surface area contributed by atoms with Crippen LogP contribution in [-0.4, -0.2) is 26.2 Å². The molecule has 1 aliphatic rings. The normalized spacial score (nSPS) is 27.9. The molecule has 0 saturated heterocycles. The van der Waals surface area contributed by atoms with E-state index in [4.69, 9.17) is 0 Å². The number of hydrogen-bond acceptors (Lipinski definition) is 3. The Hall–Kier alpha value is -1.17. The average molecular weight is 185 g/mol. The second-order valence-corrected chi connectivity index (χ2v) is 4.82. The van der Waals surface area contributed by atoms with Gasteiger partial charge in [-0.15, -0.1) is 0 Å². The molecule has 1 unspecified atom stereocenters. The highest BCUT2D eigenvalue weighted by atomic mass is 32.2. The molecule has 2 heterocycles. The molecule has 1 aromatic heterocycles. The second-order valence-electron chi connectivity index (χ2n) is 2.61. The minimum Gasteiger partial charge on any atom is -0.270 e. The van der Waals surface area contributed by atoms with Crippen LogP contribution in [0.15, 0.2) is 21.7 Å². The third-order valence-electron chi connectivity index (χ3n) is 1.63. The Bertz CT molecular complexity index is 453. The fourth-order valence-corrected chi connectivity index (χ4v) is 2.51. The van der Waals surface area contributed by atoms with Crippen molar-refractivity contribution in [2.45, 2.75) is 11.6 Å². The van der Waals surface area contributed by atoms with E-state index in [1.807, 2.05) is 0 Å². The molecule has 1 aliphatic heterocycles. The zero-order chi connectivity index (χ0) is 8.77. The summed E-state index contributed by atoms with van der Waals surface area (Å²) >= 11 is 0. The van der Waals surface area contributed by atoms with E-state index in [0.717, 1.165) is 0 Å². The summed E-state index contributed by atoms with van der Waals surface area (Å²) in [6, 6.07) is 1.62. The average Bonchev–Trinajstić information content (AvgIpc) is 2.32. The largest absolute Gasteiger partial charge is 0.275 e. The predicted octanol–water partition coefficient (Wildman–Crippen LogP) is -0.120. The van der Waals surface area contributed by atoms with E-state index in [9.17, 15) is 9.00 Å². The monoisotopic (exact) mass is 185 g/mol. The van der Waals surface area contributed by atoms with Gasteiger partial charge < -0.3 is 0 Å². The Morgan fingerprint density at radius 1 is 1.67 bits per heavy atom. The Morgan fingerprint density at radius 2 is 2.42 bits per heavy atom. The number of amides is 1. The first-order valence-electron chi connectivity index (χ1n) is 3.36. The van der Waals surface area contributed by atoms with Crippen molar-refractivity contribution in [1.82, 2.24) is 9.78 Å². The predicted molar refractivity (Wildman–Crippen MR) is 42.0 cm³/mol. The van der Waals surface area contributed by atoms with Crippen molar-refractivity contribution in [3.63, 3.8) is 0 Å². The Morgan fingerprint density at radius 3 is 3.17 bits per heavy atom. The standard InChI is InChI=1S/C6H7N3O2S/c1-12(11)6-2-3-7-9(6)4-5(10)8-12/h2-3H,4H2,1H3. The van der Waals surface area contributed by atoms with Crippen molar-refractivity contribution in [3.8, 4) is 0 Å². The molecule has 1 amide bonds. The van der Waals surface area contributed by atoms with Crippen LogP contribution in [0.3, 0.4) is 0 Å². The van der Waals surface area contributed by atoms with Crippen molar-refractivity contribution in [3.05, 3.63) is 12.3 Å². The molecular formula is C6H7N3O2S. The third kappa shape index (κ3) is 0.953. The SMILES string of the molecule is CS1(=O)=NC(=O)Cn2nccc21. The maximum absolute atomic E-state index is 11.7. The highest BCUT2D eigenvalue weighted by molar-refractivity contribution is 7.93. The number of carbonyl (C=O) groups excluding carboxylic acids is 1. The zero-order valence-electron chi connectivity index (χ0n) is 6.43. The molecule has 0 fully saturated rings. The lowest BCUT2D eigenvalue weighted by Crippen LogP contribution is -2.21. The Labute approximate surface area is 69.6 Å². The van der Waals surface area contributed by atoms with Gasteiger partial charge in [-0.1, -0.05) is 0 Å². The van der Waals surface area contributed by atoms with Crippen LogP contribution < -0.4 is 0 Å². The maximum atomic E-state index is 11.7. The zero-order valence-corrected chi connectivity index (χ0v) is 7.24. The van der Waals surface area contributed by atoms with E-state index in [-0.39, 0.29) is 12.5 Å². The van der Waals surface area contributed by atoms with E-state index in [1.165, 1.54) is 17.1 Å². The number of carbonyl (C=O) groups is 1. The molecule has 0 spiro atoms. The molecule has 0 saturated carbocycles. The summed E-state index contributed by atoms with van der Waals surface area (Å²) in [5.74, 6) is -0.376. The molecule has 2 rings (SSSR count). The molecule has 1 atom stereocenters. The van der Waals surface area contributed by atoms with Crippen LogP contribution in [0.2, 0.25) is 0 Å². The first-order valence-corrected chi connectivity index (χ1v) is 5.29. The number of nitrogens with zero attached hydrogens (tertiary/aromatic N) is 3. The fourth-order valence-electron chi connectivity index (χ4n) is 1.16. The molecule has 0 aromatic carbocycles. The number of hydrogen-bond donors (Lipinski definition) is 0. The van der Waals surface area contributed by atoms with Crippen molar-refractivity contribution in [2.75, 3.05) is 6.26 Å². The van der Waals surface area contributed by atoms with Gasteiger partial charge in [-0.05, 0) is 6.07 Å². The molecule has 0 bridgehead atoms. The Kier molecular flexibility index (Phi) is 1.35. The molecule has 6 heteroatoms. The highest BCUT2D eigenvalue weighted by Crippen LogP contribution is 2.15. The van der Waals surface area contributed by atoms with Crippen LogP contribution in [0.5, 0.6) is 0 Å². The molecule has 12 heavy (non-hydrogen) atoms. The van der Waals surface area contributed by atoms with Gasteiger partial charge in [-0.25, -0.2) is 8.89 Å². The van der Waals surface area contributed by atoms with Crippen LogP contribution in [0.25, 0.3) is 0 Å². The number of rotatable bonds is 0. The molecule has 5 nitrogen and oxygen atoms in total. The summed E-state index contributed by atoms with van der Waals surface area (Å²) in [5.41, 5.74) is 0. The van der Waals surface area contributed by atoms with Crippen molar-refractivity contribution >= 4 is 15.6 Å². The second kappa shape index (κ2) is 2.16. The molecule has 64 valence electrons. The first kappa shape index (κ1) is 7.48. The Balaban J connectivity index is 2.77. The topological polar surface area (TPSA) is 64.3 Å². The summed E-state index contributed by atoms with van der Waals surface area (Å²) in [6.07, 6.45) is 2.96. The first-order chi connectivity index (χ1) is 5.59. The summed E-state index contributed by atoms with van der Waals surface area (Å²) in [4.78, 5) is 10.9. The van der Waals surface area contributed by atoms with E-state index in [2.05, 4.69) is 9.46 Å². The lowest BCUT2D eigenvalue weighted by Gasteiger charge is -2.11. The van der Waals surface area contributed by atoms with E-state index < -0.39 is 9.73 Å². The van der Waals surface area contributed by atoms with Gasteiger partial charge in [0.15, 0.2) is 0 Å². The lowest BCUT2D eigenvalue weighted by molar-refractivity contribution is -0.118. The third-order valence-corrected chi connectivity index (χ3v) is 3.30. The summed E-state index contributed by atoms with van der Waals surface area (Å²) < 4.78 is 16.6. The van der Waals surface area contributed by atoms with Gasteiger partial charge in [0, 0.05) is 6.26 Å². The lowest BCUT2D eigenvalue weighted by atomic mass is 10.6. The summed E-state index contributed by atoms with van der Waals surface area (Å²) in [7, 11) is -2.52. The molecular weight excluding hydrogens is 178 g/mol. The van der Waals surface area contributed by atoms with Crippen molar-refractivity contribution in [2.24, 2.45) is 4.36 Å². The molecule has 0 radical (unpaired) electrons. The quantitative estimate of drug-likeness (QED) is 0.566. The van der Waals surface area contributed by atoms with Gasteiger partial charge in [0.25, 0.3) is 5.91 Å². The van der Waals surface area contributed by atoms with Gasteiger partial charge in [0.2, 0.25) is 0 Å². The van der Waals surface area contributed by atoms with Crippen LogP contribution in [0.4, 0.5) is 0 Å². The summed E-state index contributed by atoms with van der Waals surface area (Å²) in [5, 5.41) is 4.39. The maximum Gasteiger partial charge on any atom is 0.275 e. The van der Waals surface area contributed by atoms with Crippen LogP contribution in [0.1, 0.15) is 0 Å². The van der Waals surface area contributed by atoms with Gasteiger partial charge >= 0.3 is 0 Å². The molecule has 0 aliphatic carbocycles. The van der Waals surface area contributed by atoms with Gasteiger partial charge in [0.1, 0.15) is 11.6 Å². The number of fused-ring (bicyclic) bond motifs is 1. The van der Waals surface area contributed by atoms with E-state index in [0.29, 0.717) is 5.03 Å². The van der Waals surface area contributed by atoms with Crippen LogP contribution >= 0.6 is 0 Å². The highest BCUT2D eigenvalue weighted by Gasteiger charge is 2.21. The molecule has 0 N–H and O–H groups in total. The summed E-state index contributed by atoms with van der Waals surface area (Å²) in [6.45, 7) is 0.104. The minimum atomic E-state index is -2.52. The van der Waals surface area contributed by atoms with Crippen LogP contribution in [-0.2, 0) is 21.1 Å². The van der Waals surface area contributed by atoms with E-state index >= 15 is 0 Å². The molecule has 1 aromatic rings. The van der Waals surface area contributed by atoms with Gasteiger partial charge in [0.05, 0.1) is 15.9 Å². The number of aromatic nitrogens is 2.